The molecule has 3 rings (SSSR count). The summed E-state index contributed by atoms with van der Waals surface area (Å²) in [5.41, 5.74) is 1.07. The van der Waals surface area contributed by atoms with Crippen molar-refractivity contribution in [3.8, 4) is 5.75 Å². The van der Waals surface area contributed by atoms with Crippen LogP contribution in [0.5, 0.6) is 5.75 Å². The number of hydrogen-bond donors (Lipinski definition) is 2. The van der Waals surface area contributed by atoms with Crippen LogP contribution in [0.2, 0.25) is 0 Å². The molecule has 0 radical (unpaired) electrons. The first-order chi connectivity index (χ1) is 10.6. The smallest absolute Gasteiger partial charge is 0.265 e. The van der Waals surface area contributed by atoms with Crippen LogP contribution in [-0.2, 0) is 4.79 Å². The van der Waals surface area contributed by atoms with Gasteiger partial charge in [0.05, 0.1) is 11.3 Å². The van der Waals surface area contributed by atoms with E-state index in [0.717, 1.165) is 25.9 Å². The van der Waals surface area contributed by atoms with Gasteiger partial charge >= 0.3 is 0 Å². The molecule has 0 bridgehead atoms. The molecule has 1 atom stereocenters. The summed E-state index contributed by atoms with van der Waals surface area (Å²) in [5, 5.41) is 6.08. The lowest BCUT2D eigenvalue weighted by Gasteiger charge is -2.33. The van der Waals surface area contributed by atoms with Crippen LogP contribution in [0.3, 0.4) is 0 Å². The molecule has 2 amide bonds. The Labute approximate surface area is 142 Å². The number of ether oxygens (including phenoxy) is 1. The topological polar surface area (TPSA) is 70.7 Å². The molecule has 1 saturated heterocycles. The first kappa shape index (κ1) is 17.6. The first-order valence-electron chi connectivity index (χ1n) is 7.66. The lowest BCUT2D eigenvalue weighted by molar-refractivity contribution is -0.122. The molecule has 2 aliphatic rings. The van der Waals surface area contributed by atoms with E-state index in [9.17, 15) is 9.59 Å². The minimum absolute atomic E-state index is 0. The van der Waals surface area contributed by atoms with Gasteiger partial charge in [-0.1, -0.05) is 6.07 Å². The van der Waals surface area contributed by atoms with Gasteiger partial charge in [-0.3, -0.25) is 9.59 Å². The molecular weight excluding hydrogens is 318 g/mol. The van der Waals surface area contributed by atoms with Crippen LogP contribution in [0, 0.1) is 0 Å². The molecule has 126 valence electrons. The Morgan fingerprint density at radius 2 is 2.00 bits per heavy atom. The molecule has 0 spiro atoms. The molecule has 2 N–H and O–H groups in total. The summed E-state index contributed by atoms with van der Waals surface area (Å²) in [6, 6.07) is 5.51. The zero-order valence-corrected chi connectivity index (χ0v) is 14.1. The summed E-state index contributed by atoms with van der Waals surface area (Å²) in [7, 11) is 1.84. The fourth-order valence-corrected chi connectivity index (χ4v) is 2.95. The van der Waals surface area contributed by atoms with Crippen molar-refractivity contribution >= 4 is 29.9 Å². The van der Waals surface area contributed by atoms with Crippen molar-refractivity contribution in [2.24, 2.45) is 0 Å². The highest BCUT2D eigenvalue weighted by atomic mass is 35.5. The normalized spacial score (nSPS) is 20.6. The van der Waals surface area contributed by atoms with Crippen molar-refractivity contribution in [2.45, 2.75) is 31.9 Å². The molecule has 1 aromatic rings. The number of nitrogens with one attached hydrogen (secondary N) is 2. The van der Waals surface area contributed by atoms with Crippen LogP contribution < -0.4 is 15.4 Å². The molecule has 2 heterocycles. The van der Waals surface area contributed by atoms with Gasteiger partial charge in [-0.25, -0.2) is 0 Å². The third-order valence-electron chi connectivity index (χ3n) is 4.34. The van der Waals surface area contributed by atoms with E-state index < -0.39 is 6.10 Å². The predicted octanol–water partition coefficient (Wildman–Crippen LogP) is 1.65. The van der Waals surface area contributed by atoms with Gasteiger partial charge < -0.3 is 20.3 Å². The number of piperidine rings is 1. The Hall–Kier alpha value is -1.79. The third-order valence-corrected chi connectivity index (χ3v) is 4.34. The van der Waals surface area contributed by atoms with Crippen molar-refractivity contribution in [3.05, 3.63) is 23.8 Å². The van der Waals surface area contributed by atoms with E-state index in [1.54, 1.807) is 30.0 Å². The van der Waals surface area contributed by atoms with Crippen molar-refractivity contribution in [1.29, 1.82) is 0 Å². The average molecular weight is 340 g/mol. The van der Waals surface area contributed by atoms with Crippen LogP contribution in [0.4, 0.5) is 5.69 Å². The minimum atomic E-state index is -0.592. The standard InChI is InChI=1S/C16H21N3O3.ClH/c1-10-15(20)18-13-5-3-4-12(14(13)22-10)16(21)19(2)11-6-8-17-9-7-11;/h3-5,10-11,17H,6-9H2,1-2H3,(H,18,20);1H. The Morgan fingerprint density at radius 1 is 1.30 bits per heavy atom. The number of rotatable bonds is 2. The summed E-state index contributed by atoms with van der Waals surface area (Å²) in [6.07, 6.45) is 1.31. The third kappa shape index (κ3) is 3.43. The number of carbonyl (C=O) groups is 2. The highest BCUT2D eigenvalue weighted by molar-refractivity contribution is 6.04. The number of para-hydroxylation sites is 1. The molecule has 0 aliphatic carbocycles. The minimum Gasteiger partial charge on any atom is -0.478 e. The van der Waals surface area contributed by atoms with E-state index in [4.69, 9.17) is 4.74 Å². The van der Waals surface area contributed by atoms with Crippen LogP contribution in [0.25, 0.3) is 0 Å². The van der Waals surface area contributed by atoms with Gasteiger partial charge in [0, 0.05) is 13.1 Å². The van der Waals surface area contributed by atoms with Gasteiger partial charge in [0.15, 0.2) is 11.9 Å². The lowest BCUT2D eigenvalue weighted by atomic mass is 10.0. The fraction of sp³-hybridized carbons (Fsp3) is 0.500. The highest BCUT2D eigenvalue weighted by Crippen LogP contribution is 2.34. The summed E-state index contributed by atoms with van der Waals surface area (Å²) < 4.78 is 5.66. The number of amides is 2. The van der Waals surface area contributed by atoms with Crippen LogP contribution in [0.15, 0.2) is 18.2 Å². The number of fused-ring (bicyclic) bond motifs is 1. The predicted molar refractivity (Wildman–Crippen MR) is 90.4 cm³/mol. The molecule has 2 aliphatic heterocycles. The second kappa shape index (κ2) is 7.19. The van der Waals surface area contributed by atoms with E-state index in [-0.39, 0.29) is 30.3 Å². The number of benzene rings is 1. The maximum Gasteiger partial charge on any atom is 0.265 e. The van der Waals surface area contributed by atoms with Gasteiger partial charge in [0.25, 0.3) is 11.8 Å². The van der Waals surface area contributed by atoms with E-state index in [0.29, 0.717) is 17.0 Å². The molecule has 1 aromatic carbocycles. The molecule has 0 saturated carbocycles. The monoisotopic (exact) mass is 339 g/mol. The van der Waals surface area contributed by atoms with Gasteiger partial charge in [-0.15, -0.1) is 12.4 Å². The number of halogens is 1. The molecule has 23 heavy (non-hydrogen) atoms. The average Bonchev–Trinajstić information content (AvgIpc) is 2.55. The van der Waals surface area contributed by atoms with Crippen LogP contribution in [-0.4, -0.2) is 49.0 Å². The number of hydrogen-bond acceptors (Lipinski definition) is 4. The first-order valence-corrected chi connectivity index (χ1v) is 7.66. The SMILES string of the molecule is CC1Oc2c(cccc2C(=O)N(C)C2CCNCC2)NC1=O.Cl. The van der Waals surface area contributed by atoms with E-state index in [2.05, 4.69) is 10.6 Å². The van der Waals surface area contributed by atoms with Gasteiger partial charge in [-0.2, -0.15) is 0 Å². The summed E-state index contributed by atoms with van der Waals surface area (Å²) in [4.78, 5) is 26.3. The molecule has 1 fully saturated rings. The summed E-state index contributed by atoms with van der Waals surface area (Å²) in [6.45, 7) is 3.54. The maximum atomic E-state index is 12.8. The molecule has 0 aromatic heterocycles. The Bertz CT molecular complexity index is 602. The Balaban J connectivity index is 0.00000192. The maximum absolute atomic E-state index is 12.8. The van der Waals surface area contributed by atoms with Crippen LogP contribution >= 0.6 is 12.4 Å². The molecular formula is C16H22ClN3O3. The fourth-order valence-electron chi connectivity index (χ4n) is 2.95. The number of anilines is 1. The van der Waals surface area contributed by atoms with Crippen LogP contribution in [0.1, 0.15) is 30.1 Å². The highest BCUT2D eigenvalue weighted by Gasteiger charge is 2.30. The molecule has 7 heteroatoms. The van der Waals surface area contributed by atoms with E-state index in [1.165, 1.54) is 0 Å². The van der Waals surface area contributed by atoms with E-state index in [1.807, 2.05) is 7.05 Å². The zero-order valence-electron chi connectivity index (χ0n) is 13.3. The van der Waals surface area contributed by atoms with Crippen molar-refractivity contribution < 1.29 is 14.3 Å². The lowest BCUT2D eigenvalue weighted by Crippen LogP contribution is -2.44. The van der Waals surface area contributed by atoms with Crippen molar-refractivity contribution in [2.75, 3.05) is 25.5 Å². The number of nitrogens with zero attached hydrogens (tertiary/aromatic N) is 1. The summed E-state index contributed by atoms with van der Waals surface area (Å²) >= 11 is 0. The number of carbonyl (C=O) groups excluding carboxylic acids is 2. The van der Waals surface area contributed by atoms with Crippen molar-refractivity contribution in [1.82, 2.24) is 10.2 Å². The molecule has 6 nitrogen and oxygen atoms in total. The quantitative estimate of drug-likeness (QED) is 0.859. The summed E-state index contributed by atoms with van der Waals surface area (Å²) in [5.74, 6) is 0.219. The molecule has 1 unspecified atom stereocenters. The van der Waals surface area contributed by atoms with Gasteiger partial charge in [-0.05, 0) is 45.0 Å². The second-order valence-electron chi connectivity index (χ2n) is 5.83. The van der Waals surface area contributed by atoms with Crippen molar-refractivity contribution in [3.63, 3.8) is 0 Å². The largest absolute Gasteiger partial charge is 0.478 e. The van der Waals surface area contributed by atoms with E-state index >= 15 is 0 Å². The second-order valence-corrected chi connectivity index (χ2v) is 5.83. The van der Waals surface area contributed by atoms with Gasteiger partial charge in [0.2, 0.25) is 0 Å². The Morgan fingerprint density at radius 3 is 2.70 bits per heavy atom. The van der Waals surface area contributed by atoms with Gasteiger partial charge in [0.1, 0.15) is 0 Å². The Kier molecular flexibility index (Phi) is 5.49. The zero-order chi connectivity index (χ0) is 15.7.